The Hall–Kier alpha value is -3.56. The second kappa shape index (κ2) is 11.0. The summed E-state index contributed by atoms with van der Waals surface area (Å²) >= 11 is 0. The van der Waals surface area contributed by atoms with Crippen molar-refractivity contribution in [3.05, 3.63) is 102 Å². The molecular weight excluding hydrogens is 391 g/mol. The van der Waals surface area contributed by atoms with Crippen LogP contribution in [0.5, 0.6) is 0 Å². The van der Waals surface area contributed by atoms with E-state index in [2.05, 4.69) is 11.1 Å². The van der Waals surface area contributed by atoms with Gasteiger partial charge in [-0.2, -0.15) is 5.26 Å². The lowest BCUT2D eigenvalue weighted by Gasteiger charge is -2.31. The molecule has 0 aliphatic heterocycles. The molecule has 5 nitrogen and oxygen atoms in total. The van der Waals surface area contributed by atoms with Gasteiger partial charge in [-0.15, -0.1) is 0 Å². The number of likely N-dealkylation sites (N-methyl/N-ethyl adjacent to an activating group) is 1. The van der Waals surface area contributed by atoms with E-state index in [4.69, 9.17) is 5.26 Å². The maximum absolute atomic E-state index is 13.5. The first kappa shape index (κ1) is 22.1. The Balaban J connectivity index is 1.82. The molecule has 2 aromatic carbocycles. The molecule has 0 bridgehead atoms. The maximum Gasteiger partial charge on any atom is 0.237 e. The van der Waals surface area contributed by atoms with Crippen LogP contribution in [-0.4, -0.2) is 40.8 Å². The fraction of sp³-hybridized carbons (Fsp3) is 0.240. The van der Waals surface area contributed by atoms with E-state index < -0.39 is 0 Å². The lowest BCUT2D eigenvalue weighted by molar-refractivity contribution is -0.132. The van der Waals surface area contributed by atoms with Gasteiger partial charge in [0.2, 0.25) is 5.91 Å². The number of benzene rings is 2. The van der Waals surface area contributed by atoms with Gasteiger partial charge in [0.15, 0.2) is 0 Å². The third-order valence-corrected chi connectivity index (χ3v) is 5.09. The molecule has 0 N–H and O–H groups in total. The lowest BCUT2D eigenvalue weighted by atomic mass is 9.97. The van der Waals surface area contributed by atoms with Crippen LogP contribution in [0.3, 0.4) is 0 Å². The SMILES string of the molecule is CN(C(=O)CN(CCC#N)Cc1ccccn1)[C@H](c1ccccc1)c1ccc(F)cc1. The Morgan fingerprint density at radius 1 is 1.03 bits per heavy atom. The molecule has 3 aromatic rings. The van der Waals surface area contributed by atoms with Crippen LogP contribution in [0.1, 0.15) is 29.3 Å². The van der Waals surface area contributed by atoms with Gasteiger partial charge in [0, 0.05) is 32.8 Å². The molecule has 0 saturated carbocycles. The van der Waals surface area contributed by atoms with Crippen LogP contribution in [-0.2, 0) is 11.3 Å². The highest BCUT2D eigenvalue weighted by Gasteiger charge is 2.25. The minimum atomic E-state index is -0.345. The maximum atomic E-state index is 13.5. The molecule has 1 atom stereocenters. The van der Waals surface area contributed by atoms with Gasteiger partial charge in [-0.25, -0.2) is 4.39 Å². The number of nitrogens with zero attached hydrogens (tertiary/aromatic N) is 4. The molecule has 0 radical (unpaired) electrons. The van der Waals surface area contributed by atoms with Crippen LogP contribution in [0.4, 0.5) is 4.39 Å². The Morgan fingerprint density at radius 2 is 1.71 bits per heavy atom. The Labute approximate surface area is 182 Å². The number of pyridine rings is 1. The Bertz CT molecular complexity index is 1000. The zero-order chi connectivity index (χ0) is 22.1. The summed E-state index contributed by atoms with van der Waals surface area (Å²) in [5.74, 6) is -0.408. The first-order chi connectivity index (χ1) is 15.1. The summed E-state index contributed by atoms with van der Waals surface area (Å²) in [5, 5.41) is 9.01. The Morgan fingerprint density at radius 3 is 2.35 bits per heavy atom. The molecule has 0 aliphatic rings. The van der Waals surface area contributed by atoms with Crippen LogP contribution < -0.4 is 0 Å². The van der Waals surface area contributed by atoms with Gasteiger partial charge in [0.05, 0.1) is 24.3 Å². The second-order valence-electron chi connectivity index (χ2n) is 7.31. The van der Waals surface area contributed by atoms with Crippen molar-refractivity contribution in [3.8, 4) is 6.07 Å². The number of hydrogen-bond donors (Lipinski definition) is 0. The zero-order valence-electron chi connectivity index (χ0n) is 17.5. The number of carbonyl (C=O) groups is 1. The van der Waals surface area contributed by atoms with Gasteiger partial charge < -0.3 is 4.90 Å². The average molecular weight is 417 g/mol. The van der Waals surface area contributed by atoms with Crippen molar-refractivity contribution < 1.29 is 9.18 Å². The standard InChI is InChI=1S/C25H25FN4O/c1-29(24(31)19-30(17-7-15-27)18-23-10-5-6-16-28-23)25(20-8-3-2-4-9-20)21-11-13-22(26)14-12-21/h2-6,8-14,16,25H,7,17-19H2,1H3/t25-/m1/s1. The van der Waals surface area contributed by atoms with Crippen LogP contribution in [0, 0.1) is 17.1 Å². The van der Waals surface area contributed by atoms with E-state index in [-0.39, 0.29) is 24.3 Å². The smallest absolute Gasteiger partial charge is 0.237 e. The molecule has 0 unspecified atom stereocenters. The van der Waals surface area contributed by atoms with Gasteiger partial charge in [-0.05, 0) is 35.4 Å². The third-order valence-electron chi connectivity index (χ3n) is 5.09. The van der Waals surface area contributed by atoms with Crippen molar-refractivity contribution in [1.82, 2.24) is 14.8 Å². The summed E-state index contributed by atoms with van der Waals surface area (Å²) in [6.45, 7) is 1.10. The minimum Gasteiger partial charge on any atom is -0.334 e. The van der Waals surface area contributed by atoms with Crippen LogP contribution >= 0.6 is 0 Å². The number of amides is 1. The molecule has 0 aliphatic carbocycles. The predicted octanol–water partition coefficient (Wildman–Crippen LogP) is 4.18. The molecule has 0 saturated heterocycles. The van der Waals surface area contributed by atoms with E-state index in [1.807, 2.05) is 53.4 Å². The van der Waals surface area contributed by atoms with Gasteiger partial charge in [-0.1, -0.05) is 48.5 Å². The van der Waals surface area contributed by atoms with Crippen molar-refractivity contribution >= 4 is 5.91 Å². The summed E-state index contributed by atoms with van der Waals surface area (Å²) in [4.78, 5) is 21.2. The van der Waals surface area contributed by atoms with Crippen molar-refractivity contribution in [2.45, 2.75) is 19.0 Å². The van der Waals surface area contributed by atoms with Gasteiger partial charge in [-0.3, -0.25) is 14.7 Å². The fourth-order valence-electron chi connectivity index (χ4n) is 3.51. The molecule has 0 spiro atoms. The highest BCUT2D eigenvalue weighted by molar-refractivity contribution is 5.79. The fourth-order valence-corrected chi connectivity index (χ4v) is 3.51. The van der Waals surface area contributed by atoms with E-state index in [0.717, 1.165) is 16.8 Å². The molecule has 0 fully saturated rings. The number of hydrogen-bond acceptors (Lipinski definition) is 4. The molecule has 1 heterocycles. The summed E-state index contributed by atoms with van der Waals surface area (Å²) in [6, 6.07) is 23.3. The summed E-state index contributed by atoms with van der Waals surface area (Å²) < 4.78 is 13.5. The van der Waals surface area contributed by atoms with Gasteiger partial charge in [0.25, 0.3) is 0 Å². The van der Waals surface area contributed by atoms with Crippen LogP contribution in [0.2, 0.25) is 0 Å². The monoisotopic (exact) mass is 416 g/mol. The largest absolute Gasteiger partial charge is 0.334 e. The number of nitriles is 1. The zero-order valence-corrected chi connectivity index (χ0v) is 17.5. The van der Waals surface area contributed by atoms with Crippen LogP contribution in [0.15, 0.2) is 79.0 Å². The predicted molar refractivity (Wildman–Crippen MR) is 117 cm³/mol. The molecule has 1 amide bonds. The average Bonchev–Trinajstić information content (AvgIpc) is 2.80. The first-order valence-corrected chi connectivity index (χ1v) is 10.1. The highest BCUT2D eigenvalue weighted by atomic mass is 19.1. The van der Waals surface area contributed by atoms with E-state index in [9.17, 15) is 9.18 Å². The molecule has 31 heavy (non-hydrogen) atoms. The number of halogens is 1. The van der Waals surface area contributed by atoms with Crippen molar-refractivity contribution in [1.29, 1.82) is 5.26 Å². The van der Waals surface area contributed by atoms with E-state index >= 15 is 0 Å². The molecular formula is C25H25FN4O. The van der Waals surface area contributed by atoms with Gasteiger partial charge in [0.1, 0.15) is 5.82 Å². The van der Waals surface area contributed by atoms with Crippen molar-refractivity contribution in [2.24, 2.45) is 0 Å². The number of rotatable bonds is 9. The topological polar surface area (TPSA) is 60.2 Å². The summed E-state index contributed by atoms with van der Waals surface area (Å²) in [6.07, 6.45) is 2.04. The van der Waals surface area contributed by atoms with Gasteiger partial charge >= 0.3 is 0 Å². The minimum absolute atomic E-state index is 0.0907. The van der Waals surface area contributed by atoms with Crippen molar-refractivity contribution in [2.75, 3.05) is 20.1 Å². The third kappa shape index (κ3) is 6.21. The number of carbonyl (C=O) groups excluding carboxylic acids is 1. The van der Waals surface area contributed by atoms with E-state index in [1.165, 1.54) is 12.1 Å². The number of aromatic nitrogens is 1. The highest BCUT2D eigenvalue weighted by Crippen LogP contribution is 2.28. The van der Waals surface area contributed by atoms with E-state index in [0.29, 0.717) is 19.5 Å². The van der Waals surface area contributed by atoms with Crippen molar-refractivity contribution in [3.63, 3.8) is 0 Å². The molecule has 1 aromatic heterocycles. The quantitative estimate of drug-likeness (QED) is 0.525. The lowest BCUT2D eigenvalue weighted by Crippen LogP contribution is -2.40. The molecule has 6 heteroatoms. The second-order valence-corrected chi connectivity index (χ2v) is 7.31. The normalized spacial score (nSPS) is 11.7. The summed E-state index contributed by atoms with van der Waals surface area (Å²) in [5.41, 5.74) is 2.61. The Kier molecular flexibility index (Phi) is 7.85. The molecule has 3 rings (SSSR count). The van der Waals surface area contributed by atoms with E-state index in [1.54, 1.807) is 30.3 Å². The first-order valence-electron chi connectivity index (χ1n) is 10.1. The van der Waals surface area contributed by atoms with Crippen LogP contribution in [0.25, 0.3) is 0 Å². The molecule has 158 valence electrons. The summed E-state index contributed by atoms with van der Waals surface area (Å²) in [7, 11) is 1.76.